The highest BCUT2D eigenvalue weighted by molar-refractivity contribution is 5.80. The first kappa shape index (κ1) is 19.5. The molecule has 1 aliphatic rings. The van der Waals surface area contributed by atoms with E-state index in [1.54, 1.807) is 12.1 Å². The molecular formula is C17H24F4N4. The molecular weight excluding hydrogens is 336 g/mol. The van der Waals surface area contributed by atoms with Crippen LogP contribution in [0.3, 0.4) is 0 Å². The van der Waals surface area contributed by atoms with Gasteiger partial charge in [0.05, 0.1) is 6.54 Å². The average molecular weight is 360 g/mol. The second kappa shape index (κ2) is 8.51. The fourth-order valence-electron chi connectivity index (χ4n) is 2.76. The predicted octanol–water partition coefficient (Wildman–Crippen LogP) is 2.86. The zero-order valence-electron chi connectivity index (χ0n) is 14.5. The molecule has 0 saturated carbocycles. The summed E-state index contributed by atoms with van der Waals surface area (Å²) in [4.78, 5) is 7.88. The van der Waals surface area contributed by atoms with E-state index in [9.17, 15) is 17.6 Å². The van der Waals surface area contributed by atoms with Gasteiger partial charge in [0.25, 0.3) is 0 Å². The molecule has 0 spiro atoms. The SMILES string of the molecule is CCNC(=NCc1cccc(F)c1)N1CCN(C(C)C(F)(F)F)CC1. The summed E-state index contributed by atoms with van der Waals surface area (Å²) in [5.74, 6) is 0.332. The van der Waals surface area contributed by atoms with Crippen molar-refractivity contribution >= 4 is 5.96 Å². The molecule has 1 saturated heterocycles. The van der Waals surface area contributed by atoms with Gasteiger partial charge >= 0.3 is 6.18 Å². The van der Waals surface area contributed by atoms with Crippen molar-refractivity contribution in [1.29, 1.82) is 0 Å². The Morgan fingerprint density at radius 3 is 2.48 bits per heavy atom. The number of hydrogen-bond acceptors (Lipinski definition) is 2. The molecule has 1 aromatic rings. The molecule has 1 fully saturated rings. The van der Waals surface area contributed by atoms with Crippen LogP contribution in [0.4, 0.5) is 17.6 Å². The number of hydrogen-bond donors (Lipinski definition) is 1. The molecule has 1 heterocycles. The van der Waals surface area contributed by atoms with Crippen LogP contribution in [0.1, 0.15) is 19.4 Å². The molecule has 0 aromatic heterocycles. The van der Waals surface area contributed by atoms with Crippen molar-refractivity contribution < 1.29 is 17.6 Å². The summed E-state index contributed by atoms with van der Waals surface area (Å²) in [6, 6.07) is 4.78. The van der Waals surface area contributed by atoms with Crippen LogP contribution in [0, 0.1) is 5.82 Å². The first-order valence-electron chi connectivity index (χ1n) is 8.39. The summed E-state index contributed by atoms with van der Waals surface area (Å²) in [5.41, 5.74) is 0.750. The van der Waals surface area contributed by atoms with Crippen molar-refractivity contribution in [3.8, 4) is 0 Å². The molecule has 2 rings (SSSR count). The maximum atomic E-state index is 13.2. The van der Waals surface area contributed by atoms with Crippen LogP contribution in [-0.2, 0) is 6.54 Å². The Morgan fingerprint density at radius 1 is 1.24 bits per heavy atom. The van der Waals surface area contributed by atoms with E-state index in [1.807, 2.05) is 11.8 Å². The molecule has 1 unspecified atom stereocenters. The normalized spacial score (nSPS) is 18.3. The summed E-state index contributed by atoms with van der Waals surface area (Å²) in [6.07, 6.45) is -4.21. The minimum absolute atomic E-state index is 0.313. The molecule has 1 N–H and O–H groups in total. The van der Waals surface area contributed by atoms with Gasteiger partial charge < -0.3 is 10.2 Å². The molecule has 25 heavy (non-hydrogen) atoms. The van der Waals surface area contributed by atoms with E-state index in [0.717, 1.165) is 5.56 Å². The average Bonchev–Trinajstić information content (AvgIpc) is 2.57. The maximum absolute atomic E-state index is 13.2. The van der Waals surface area contributed by atoms with Crippen LogP contribution in [0.2, 0.25) is 0 Å². The van der Waals surface area contributed by atoms with Crippen LogP contribution in [0.15, 0.2) is 29.3 Å². The van der Waals surface area contributed by atoms with E-state index < -0.39 is 12.2 Å². The fraction of sp³-hybridized carbons (Fsp3) is 0.588. The van der Waals surface area contributed by atoms with Gasteiger partial charge in [0.15, 0.2) is 5.96 Å². The van der Waals surface area contributed by atoms with Crippen LogP contribution in [0.5, 0.6) is 0 Å². The van der Waals surface area contributed by atoms with Crippen molar-refractivity contribution in [2.75, 3.05) is 32.7 Å². The van der Waals surface area contributed by atoms with Crippen LogP contribution in [0.25, 0.3) is 0 Å². The molecule has 0 aliphatic carbocycles. The van der Waals surface area contributed by atoms with Gasteiger partial charge in [-0.1, -0.05) is 12.1 Å². The summed E-state index contributed by atoms with van der Waals surface area (Å²) in [5, 5.41) is 3.15. The van der Waals surface area contributed by atoms with Gasteiger partial charge in [-0.25, -0.2) is 9.38 Å². The molecule has 0 radical (unpaired) electrons. The third-order valence-electron chi connectivity index (χ3n) is 4.27. The smallest absolute Gasteiger partial charge is 0.357 e. The number of piperazine rings is 1. The zero-order chi connectivity index (χ0) is 18.4. The van der Waals surface area contributed by atoms with Crippen molar-refractivity contribution in [2.45, 2.75) is 32.6 Å². The highest BCUT2D eigenvalue weighted by Gasteiger charge is 2.41. The van der Waals surface area contributed by atoms with Gasteiger partial charge in [-0.15, -0.1) is 0 Å². The highest BCUT2D eigenvalue weighted by Crippen LogP contribution is 2.25. The Hall–Kier alpha value is -1.83. The van der Waals surface area contributed by atoms with Crippen LogP contribution < -0.4 is 5.32 Å². The Labute approximate surface area is 145 Å². The van der Waals surface area contributed by atoms with Gasteiger partial charge in [-0.3, -0.25) is 4.90 Å². The van der Waals surface area contributed by atoms with Gasteiger partial charge in [0.1, 0.15) is 11.9 Å². The number of nitrogens with one attached hydrogen (secondary N) is 1. The van der Waals surface area contributed by atoms with Gasteiger partial charge in [-0.2, -0.15) is 13.2 Å². The molecule has 140 valence electrons. The second-order valence-corrected chi connectivity index (χ2v) is 6.04. The number of benzene rings is 1. The standard InChI is InChI=1S/C17H24F4N4/c1-3-22-16(23-12-14-5-4-6-15(18)11-14)25-9-7-24(8-10-25)13(2)17(19,20)21/h4-6,11,13H,3,7-10,12H2,1-2H3,(H,22,23). The maximum Gasteiger partial charge on any atom is 0.403 e. The van der Waals surface area contributed by atoms with E-state index in [1.165, 1.54) is 24.0 Å². The summed E-state index contributed by atoms with van der Waals surface area (Å²) >= 11 is 0. The Bertz CT molecular complexity index is 580. The quantitative estimate of drug-likeness (QED) is 0.509. The van der Waals surface area contributed by atoms with Crippen molar-refractivity contribution in [3.63, 3.8) is 0 Å². The van der Waals surface area contributed by atoms with E-state index in [2.05, 4.69) is 10.3 Å². The van der Waals surface area contributed by atoms with Crippen molar-refractivity contribution in [3.05, 3.63) is 35.6 Å². The third kappa shape index (κ3) is 5.59. The molecule has 1 aliphatic heterocycles. The number of alkyl halides is 3. The molecule has 4 nitrogen and oxygen atoms in total. The Morgan fingerprint density at radius 2 is 1.92 bits per heavy atom. The number of guanidine groups is 1. The lowest BCUT2D eigenvalue weighted by Crippen LogP contribution is -2.56. The Balaban J connectivity index is 1.98. The first-order chi connectivity index (χ1) is 11.8. The molecule has 8 heteroatoms. The van der Waals surface area contributed by atoms with Crippen LogP contribution in [-0.4, -0.2) is 60.7 Å². The number of aliphatic imine (C=N–C) groups is 1. The monoisotopic (exact) mass is 360 g/mol. The zero-order valence-corrected chi connectivity index (χ0v) is 14.5. The van der Waals surface area contributed by atoms with Crippen LogP contribution >= 0.6 is 0 Å². The number of rotatable bonds is 4. The third-order valence-corrected chi connectivity index (χ3v) is 4.27. The van der Waals surface area contributed by atoms with E-state index in [0.29, 0.717) is 45.2 Å². The van der Waals surface area contributed by atoms with Crippen molar-refractivity contribution in [1.82, 2.24) is 15.1 Å². The predicted molar refractivity (Wildman–Crippen MR) is 89.9 cm³/mol. The summed E-state index contributed by atoms with van der Waals surface area (Å²) in [7, 11) is 0. The van der Waals surface area contributed by atoms with E-state index in [4.69, 9.17) is 0 Å². The lowest BCUT2D eigenvalue weighted by molar-refractivity contribution is -0.181. The molecule has 1 aromatic carbocycles. The largest absolute Gasteiger partial charge is 0.403 e. The number of nitrogens with zero attached hydrogens (tertiary/aromatic N) is 3. The van der Waals surface area contributed by atoms with Gasteiger partial charge in [-0.05, 0) is 31.5 Å². The molecule has 0 bridgehead atoms. The summed E-state index contributed by atoms with van der Waals surface area (Å²) in [6.45, 7) is 5.68. The lowest BCUT2D eigenvalue weighted by atomic mass is 10.2. The van der Waals surface area contributed by atoms with E-state index in [-0.39, 0.29) is 5.82 Å². The molecule has 0 amide bonds. The second-order valence-electron chi connectivity index (χ2n) is 6.04. The van der Waals surface area contributed by atoms with Gasteiger partial charge in [0.2, 0.25) is 0 Å². The lowest BCUT2D eigenvalue weighted by Gasteiger charge is -2.39. The topological polar surface area (TPSA) is 30.9 Å². The number of halogens is 4. The fourth-order valence-corrected chi connectivity index (χ4v) is 2.76. The summed E-state index contributed by atoms with van der Waals surface area (Å²) < 4.78 is 51.7. The molecule has 1 atom stereocenters. The minimum atomic E-state index is -4.21. The van der Waals surface area contributed by atoms with Gasteiger partial charge in [0, 0.05) is 32.7 Å². The minimum Gasteiger partial charge on any atom is -0.357 e. The van der Waals surface area contributed by atoms with E-state index >= 15 is 0 Å². The highest BCUT2D eigenvalue weighted by atomic mass is 19.4. The Kier molecular flexibility index (Phi) is 6.64. The van der Waals surface area contributed by atoms with Crippen molar-refractivity contribution in [2.24, 2.45) is 4.99 Å². The first-order valence-corrected chi connectivity index (χ1v) is 8.39.